The van der Waals surface area contributed by atoms with Gasteiger partial charge in [-0.1, -0.05) is 38.5 Å². The molecule has 15 heavy (non-hydrogen) atoms. The summed E-state index contributed by atoms with van der Waals surface area (Å²) in [5.74, 6) is 0. The molecule has 0 N–H and O–H groups in total. The second-order valence-corrected chi connectivity index (χ2v) is 3.46. The van der Waals surface area contributed by atoms with E-state index in [9.17, 15) is 0 Å². The molecule has 2 aliphatic heterocycles. The molecule has 0 aromatic carbocycles. The van der Waals surface area contributed by atoms with Gasteiger partial charge in [-0.15, -0.1) is 60.1 Å². The van der Waals surface area contributed by atoms with E-state index in [1.807, 2.05) is 0 Å². The van der Waals surface area contributed by atoms with Crippen LogP contribution in [0.3, 0.4) is 0 Å². The second-order valence-electron chi connectivity index (χ2n) is 3.46. The monoisotopic (exact) mass is 418 g/mol. The average molecular weight is 421 g/mol. The molecule has 2 fully saturated rings. The summed E-state index contributed by atoms with van der Waals surface area (Å²) in [5.41, 5.74) is 0. The minimum atomic E-state index is 0. The van der Waals surface area contributed by atoms with Crippen LogP contribution in [-0.2, 0) is 26.2 Å². The molecule has 2 saturated heterocycles. The van der Waals surface area contributed by atoms with Gasteiger partial charge in [0, 0.05) is 0 Å². The Morgan fingerprint density at radius 1 is 0.467 bits per heavy atom. The molecule has 0 bridgehead atoms. The minimum Gasteiger partial charge on any atom is -0.662 e. The van der Waals surface area contributed by atoms with Crippen molar-refractivity contribution in [1.82, 2.24) is 0 Å². The Balaban J connectivity index is -0.000000160. The second kappa shape index (κ2) is 18.1. The minimum absolute atomic E-state index is 0. The first kappa shape index (κ1) is 22.0. The predicted octanol–water partition coefficient (Wildman–Crippen LogP) is 4.24. The summed E-state index contributed by atoms with van der Waals surface area (Å²) in [4.78, 5) is 0. The fourth-order valence-electron chi connectivity index (χ4n) is 1.47. The van der Waals surface area contributed by atoms with E-state index in [1.54, 1.807) is 0 Å². The Labute approximate surface area is 134 Å². The van der Waals surface area contributed by atoms with Gasteiger partial charge in [-0.25, -0.2) is 0 Å². The van der Waals surface area contributed by atoms with Crippen LogP contribution in [-0.4, -0.2) is 26.2 Å². The largest absolute Gasteiger partial charge is 2.00 e. The van der Waals surface area contributed by atoms with E-state index in [1.165, 1.54) is 38.5 Å². The molecule has 0 aromatic rings. The number of halogens is 2. The van der Waals surface area contributed by atoms with Gasteiger partial charge >= 0.3 is 26.2 Å². The van der Waals surface area contributed by atoms with Gasteiger partial charge in [-0.05, 0) is 0 Å². The van der Waals surface area contributed by atoms with E-state index in [-0.39, 0.29) is 60.2 Å². The molecule has 0 aliphatic carbocycles. The molecule has 0 radical (unpaired) electrons. The molecule has 2 aliphatic rings. The van der Waals surface area contributed by atoms with E-state index in [0.717, 1.165) is 26.2 Å². The molecule has 2 rings (SSSR count). The zero-order valence-electron chi connectivity index (χ0n) is 9.28. The predicted molar refractivity (Wildman–Crippen MR) is 74.5 cm³/mol. The summed E-state index contributed by atoms with van der Waals surface area (Å²) in [6.07, 6.45) is 8.15. The quantitative estimate of drug-likeness (QED) is 0.560. The van der Waals surface area contributed by atoms with E-state index in [0.29, 0.717) is 0 Å². The summed E-state index contributed by atoms with van der Waals surface area (Å²) >= 11 is 0. The van der Waals surface area contributed by atoms with Crippen LogP contribution in [0.2, 0.25) is 0 Å². The van der Waals surface area contributed by atoms with Crippen molar-refractivity contribution in [3.63, 3.8) is 0 Å². The third-order valence-electron chi connectivity index (χ3n) is 2.26. The van der Waals surface area contributed by atoms with Crippen molar-refractivity contribution in [2.24, 2.45) is 0 Å². The normalized spacial score (nSPS) is 19.2. The Morgan fingerprint density at radius 3 is 0.800 bits per heavy atom. The van der Waals surface area contributed by atoms with E-state index in [4.69, 9.17) is 0 Å². The van der Waals surface area contributed by atoms with Crippen molar-refractivity contribution in [1.29, 1.82) is 0 Å². The topological polar surface area (TPSA) is 28.2 Å². The Bertz CT molecular complexity index is 64.4. The molecule has 0 unspecified atom stereocenters. The van der Waals surface area contributed by atoms with Gasteiger partial charge in [0.15, 0.2) is 0 Å². The standard InChI is InChI=1S/2C5H10N.2BrH.Zr/c2*1-2-4-6-5-3-1;;;/h2*1-5H2;2*1H;/q2*-1;;;+2. The van der Waals surface area contributed by atoms with Crippen molar-refractivity contribution >= 4 is 34.0 Å². The smallest absolute Gasteiger partial charge is 0.662 e. The van der Waals surface area contributed by atoms with Gasteiger partial charge in [-0.3, -0.25) is 0 Å². The van der Waals surface area contributed by atoms with E-state index >= 15 is 0 Å². The van der Waals surface area contributed by atoms with Crippen LogP contribution >= 0.6 is 34.0 Å². The Morgan fingerprint density at radius 2 is 0.733 bits per heavy atom. The van der Waals surface area contributed by atoms with Crippen LogP contribution in [0.15, 0.2) is 0 Å². The molecular formula is C10H22Br2N2Zr. The maximum Gasteiger partial charge on any atom is 2.00 e. The summed E-state index contributed by atoms with van der Waals surface area (Å²) in [5, 5.41) is 8.35. The van der Waals surface area contributed by atoms with Crippen molar-refractivity contribution in [2.45, 2.75) is 38.5 Å². The van der Waals surface area contributed by atoms with Gasteiger partial charge in [0.05, 0.1) is 0 Å². The average Bonchev–Trinajstić information content (AvgIpc) is 2.24. The van der Waals surface area contributed by atoms with Gasteiger partial charge < -0.3 is 10.6 Å². The van der Waals surface area contributed by atoms with Crippen LogP contribution in [0.25, 0.3) is 10.6 Å². The van der Waals surface area contributed by atoms with E-state index < -0.39 is 0 Å². The molecule has 5 heteroatoms. The summed E-state index contributed by atoms with van der Waals surface area (Å²) in [7, 11) is 0. The third-order valence-corrected chi connectivity index (χ3v) is 2.26. The van der Waals surface area contributed by atoms with Crippen molar-refractivity contribution in [3.05, 3.63) is 10.6 Å². The van der Waals surface area contributed by atoms with Gasteiger partial charge in [-0.2, -0.15) is 0 Å². The Hall–Kier alpha value is 1.76. The third kappa shape index (κ3) is 15.8. The maximum atomic E-state index is 4.18. The first-order valence-corrected chi connectivity index (χ1v) is 5.26. The maximum absolute atomic E-state index is 4.18. The first-order chi connectivity index (χ1) is 6.00. The molecule has 0 aromatic heterocycles. The molecule has 0 spiro atoms. The van der Waals surface area contributed by atoms with Gasteiger partial charge in [0.25, 0.3) is 0 Å². The summed E-state index contributed by atoms with van der Waals surface area (Å²) in [6, 6.07) is 0. The fourth-order valence-corrected chi connectivity index (χ4v) is 1.47. The number of hydrogen-bond donors (Lipinski definition) is 0. The first-order valence-electron chi connectivity index (χ1n) is 5.26. The molecule has 2 nitrogen and oxygen atoms in total. The molecule has 0 atom stereocenters. The molecular weight excluding hydrogens is 399 g/mol. The van der Waals surface area contributed by atoms with Crippen LogP contribution in [0.4, 0.5) is 0 Å². The molecule has 2 heterocycles. The van der Waals surface area contributed by atoms with Crippen molar-refractivity contribution < 1.29 is 26.2 Å². The summed E-state index contributed by atoms with van der Waals surface area (Å²) in [6.45, 7) is 4.50. The van der Waals surface area contributed by atoms with E-state index in [2.05, 4.69) is 10.6 Å². The van der Waals surface area contributed by atoms with Gasteiger partial charge in [0.2, 0.25) is 0 Å². The summed E-state index contributed by atoms with van der Waals surface area (Å²) < 4.78 is 0. The van der Waals surface area contributed by atoms with Crippen molar-refractivity contribution in [2.75, 3.05) is 26.2 Å². The Kier molecular flexibility index (Phi) is 26.6. The SMILES string of the molecule is Br.Br.C1CC[N-]CC1.C1CC[N-]CC1.[Zr+2]. The molecule has 0 saturated carbocycles. The number of piperidine rings is 2. The zero-order chi connectivity index (χ0) is 8.49. The van der Waals surface area contributed by atoms with Crippen LogP contribution in [0.1, 0.15) is 38.5 Å². The van der Waals surface area contributed by atoms with Crippen LogP contribution in [0.5, 0.6) is 0 Å². The molecule has 0 amide bonds. The van der Waals surface area contributed by atoms with Gasteiger partial charge in [0.1, 0.15) is 0 Å². The number of nitrogens with zero attached hydrogens (tertiary/aromatic N) is 2. The van der Waals surface area contributed by atoms with Crippen LogP contribution < -0.4 is 0 Å². The number of hydrogen-bond acceptors (Lipinski definition) is 0. The molecule has 90 valence electrons. The number of rotatable bonds is 0. The zero-order valence-corrected chi connectivity index (χ0v) is 15.2. The fraction of sp³-hybridized carbons (Fsp3) is 1.00. The van der Waals surface area contributed by atoms with Crippen LogP contribution in [0, 0.1) is 0 Å². The van der Waals surface area contributed by atoms with Crippen molar-refractivity contribution in [3.8, 4) is 0 Å².